The largest absolute Gasteiger partial charge is 0.490 e. The molecule has 0 radical (unpaired) electrons. The number of para-hydroxylation sites is 1. The number of benzene rings is 2. The molecular weight excluding hydrogens is 412 g/mol. The summed E-state index contributed by atoms with van der Waals surface area (Å²) in [5.41, 5.74) is 3.53. The van der Waals surface area contributed by atoms with Crippen LogP contribution in [0.5, 0.6) is 11.5 Å². The van der Waals surface area contributed by atoms with Crippen molar-refractivity contribution in [2.75, 3.05) is 13.7 Å². The number of methoxy groups -OCH3 is 1. The van der Waals surface area contributed by atoms with Gasteiger partial charge in [-0.1, -0.05) is 30.3 Å². The number of esters is 1. The van der Waals surface area contributed by atoms with Crippen LogP contribution in [0.1, 0.15) is 52.0 Å². The highest BCUT2D eigenvalue weighted by atomic mass is 32.1. The fourth-order valence-electron chi connectivity index (χ4n) is 4.07. The zero-order valence-electron chi connectivity index (χ0n) is 17.3. The van der Waals surface area contributed by atoms with E-state index in [0.717, 1.165) is 39.6 Å². The molecule has 2 atom stereocenters. The van der Waals surface area contributed by atoms with Gasteiger partial charge in [0.15, 0.2) is 11.5 Å². The van der Waals surface area contributed by atoms with E-state index in [1.54, 1.807) is 23.5 Å². The summed E-state index contributed by atoms with van der Waals surface area (Å²) in [6, 6.07) is 17.5. The van der Waals surface area contributed by atoms with Crippen molar-refractivity contribution >= 4 is 23.0 Å². The first-order chi connectivity index (χ1) is 15.2. The molecule has 0 spiro atoms. The molecule has 158 valence electrons. The Kier molecular flexibility index (Phi) is 5.11. The SMILES string of the molecule is CCOc1cccc2c1O[C@H](c1ccc(C(=O)OC)cc1)N1N=C(c3cccs3)C[C@H]21. The summed E-state index contributed by atoms with van der Waals surface area (Å²) in [4.78, 5) is 13.0. The van der Waals surface area contributed by atoms with Crippen molar-refractivity contribution in [1.29, 1.82) is 0 Å². The maximum atomic E-state index is 11.8. The lowest BCUT2D eigenvalue weighted by atomic mass is 9.97. The van der Waals surface area contributed by atoms with Crippen LogP contribution in [0.15, 0.2) is 65.1 Å². The smallest absolute Gasteiger partial charge is 0.337 e. The zero-order valence-corrected chi connectivity index (χ0v) is 18.1. The van der Waals surface area contributed by atoms with E-state index < -0.39 is 6.23 Å². The molecule has 2 aliphatic heterocycles. The Morgan fingerprint density at radius 3 is 2.74 bits per heavy atom. The maximum Gasteiger partial charge on any atom is 0.337 e. The van der Waals surface area contributed by atoms with E-state index in [4.69, 9.17) is 19.3 Å². The van der Waals surface area contributed by atoms with Gasteiger partial charge in [0.2, 0.25) is 6.23 Å². The number of nitrogens with zero attached hydrogens (tertiary/aromatic N) is 2. The average Bonchev–Trinajstić information content (AvgIpc) is 3.49. The number of fused-ring (bicyclic) bond motifs is 3. The van der Waals surface area contributed by atoms with E-state index in [-0.39, 0.29) is 12.0 Å². The molecule has 2 aromatic carbocycles. The highest BCUT2D eigenvalue weighted by Gasteiger charge is 2.42. The second-order valence-electron chi connectivity index (χ2n) is 7.32. The molecule has 6 nitrogen and oxygen atoms in total. The molecule has 5 rings (SSSR count). The highest BCUT2D eigenvalue weighted by Crippen LogP contribution is 2.50. The van der Waals surface area contributed by atoms with Gasteiger partial charge in [0.05, 0.1) is 35.9 Å². The molecule has 31 heavy (non-hydrogen) atoms. The Morgan fingerprint density at radius 2 is 2.03 bits per heavy atom. The van der Waals surface area contributed by atoms with Crippen LogP contribution in [0.3, 0.4) is 0 Å². The van der Waals surface area contributed by atoms with Crippen LogP contribution in [-0.4, -0.2) is 30.4 Å². The van der Waals surface area contributed by atoms with Gasteiger partial charge in [-0.15, -0.1) is 11.3 Å². The van der Waals surface area contributed by atoms with Crippen LogP contribution in [-0.2, 0) is 4.74 Å². The Balaban J connectivity index is 1.57. The number of rotatable bonds is 5. The summed E-state index contributed by atoms with van der Waals surface area (Å²) in [6.07, 6.45) is 0.367. The van der Waals surface area contributed by atoms with E-state index in [0.29, 0.717) is 12.2 Å². The summed E-state index contributed by atoms with van der Waals surface area (Å²) in [5, 5.41) is 9.05. The molecule has 3 aromatic rings. The predicted octanol–water partition coefficient (Wildman–Crippen LogP) is 5.18. The van der Waals surface area contributed by atoms with Gasteiger partial charge in [0.1, 0.15) is 0 Å². The second kappa shape index (κ2) is 8.07. The van der Waals surface area contributed by atoms with Crippen LogP contribution < -0.4 is 9.47 Å². The molecule has 0 aliphatic carbocycles. The number of hydrazone groups is 1. The quantitative estimate of drug-likeness (QED) is 0.518. The van der Waals surface area contributed by atoms with E-state index in [9.17, 15) is 4.79 Å². The van der Waals surface area contributed by atoms with Gasteiger partial charge in [-0.25, -0.2) is 9.80 Å². The van der Waals surface area contributed by atoms with Crippen molar-refractivity contribution in [2.45, 2.75) is 25.6 Å². The van der Waals surface area contributed by atoms with E-state index in [1.165, 1.54) is 7.11 Å². The van der Waals surface area contributed by atoms with E-state index in [2.05, 4.69) is 17.5 Å². The first kappa shape index (κ1) is 19.6. The summed E-state index contributed by atoms with van der Waals surface area (Å²) in [5.74, 6) is 1.13. The Labute approximate surface area is 184 Å². The highest BCUT2D eigenvalue weighted by molar-refractivity contribution is 7.12. The van der Waals surface area contributed by atoms with Crippen molar-refractivity contribution in [3.63, 3.8) is 0 Å². The molecule has 0 fully saturated rings. The molecule has 0 N–H and O–H groups in total. The van der Waals surface area contributed by atoms with Gasteiger partial charge in [-0.05, 0) is 36.6 Å². The minimum atomic E-state index is -0.428. The van der Waals surface area contributed by atoms with Gasteiger partial charge in [0, 0.05) is 17.5 Å². The number of hydrogen-bond acceptors (Lipinski definition) is 7. The number of ether oxygens (including phenoxy) is 3. The molecule has 0 amide bonds. The number of carbonyl (C=O) groups excluding carboxylic acids is 1. The van der Waals surface area contributed by atoms with Gasteiger partial charge in [0.25, 0.3) is 0 Å². The Morgan fingerprint density at radius 1 is 1.19 bits per heavy atom. The van der Waals surface area contributed by atoms with Crippen LogP contribution in [0.2, 0.25) is 0 Å². The zero-order chi connectivity index (χ0) is 21.4. The average molecular weight is 435 g/mol. The van der Waals surface area contributed by atoms with Crippen LogP contribution >= 0.6 is 11.3 Å². The molecule has 3 heterocycles. The van der Waals surface area contributed by atoms with Crippen molar-refractivity contribution in [1.82, 2.24) is 5.01 Å². The van der Waals surface area contributed by atoms with Gasteiger partial charge >= 0.3 is 5.97 Å². The van der Waals surface area contributed by atoms with E-state index in [1.807, 2.05) is 42.3 Å². The molecule has 0 saturated carbocycles. The molecule has 0 saturated heterocycles. The van der Waals surface area contributed by atoms with Gasteiger partial charge in [-0.2, -0.15) is 5.10 Å². The standard InChI is InChI=1S/C24H22N2O4S/c1-3-29-20-7-4-6-17-19-14-18(21-8-5-13-31-21)25-26(19)23(30-22(17)20)15-9-11-16(12-10-15)24(27)28-2/h4-13,19,23H,3,14H2,1-2H3/t19-,23-/m1/s1. The molecule has 0 bridgehead atoms. The van der Waals surface area contributed by atoms with Crippen molar-refractivity contribution in [3.05, 3.63) is 81.5 Å². The first-order valence-electron chi connectivity index (χ1n) is 10.2. The summed E-state index contributed by atoms with van der Waals surface area (Å²) < 4.78 is 17.2. The lowest BCUT2D eigenvalue weighted by molar-refractivity contribution is -0.0212. The lowest BCUT2D eigenvalue weighted by Crippen LogP contribution is -2.34. The summed E-state index contributed by atoms with van der Waals surface area (Å²) >= 11 is 1.69. The van der Waals surface area contributed by atoms with E-state index >= 15 is 0 Å². The fourth-order valence-corrected chi connectivity index (χ4v) is 4.79. The minimum absolute atomic E-state index is 0.0477. The van der Waals surface area contributed by atoms with Crippen LogP contribution in [0.4, 0.5) is 0 Å². The Bertz CT molecular complexity index is 1120. The lowest BCUT2D eigenvalue weighted by Gasteiger charge is -2.38. The summed E-state index contributed by atoms with van der Waals surface area (Å²) in [6.45, 7) is 2.52. The van der Waals surface area contributed by atoms with Crippen LogP contribution in [0.25, 0.3) is 0 Å². The van der Waals surface area contributed by atoms with Crippen molar-refractivity contribution in [2.24, 2.45) is 5.10 Å². The third kappa shape index (κ3) is 3.45. The monoisotopic (exact) mass is 434 g/mol. The number of carbonyl (C=O) groups is 1. The van der Waals surface area contributed by atoms with Crippen molar-refractivity contribution < 1.29 is 19.0 Å². The predicted molar refractivity (Wildman–Crippen MR) is 119 cm³/mol. The molecule has 7 heteroatoms. The summed E-state index contributed by atoms with van der Waals surface area (Å²) in [7, 11) is 1.38. The second-order valence-corrected chi connectivity index (χ2v) is 8.26. The molecule has 1 aromatic heterocycles. The molecule has 2 aliphatic rings. The minimum Gasteiger partial charge on any atom is -0.490 e. The topological polar surface area (TPSA) is 60.4 Å². The third-order valence-corrected chi connectivity index (χ3v) is 6.42. The maximum absolute atomic E-state index is 11.8. The van der Waals surface area contributed by atoms with Crippen LogP contribution in [0, 0.1) is 0 Å². The molecule has 0 unspecified atom stereocenters. The van der Waals surface area contributed by atoms with Gasteiger partial charge in [-0.3, -0.25) is 0 Å². The van der Waals surface area contributed by atoms with Gasteiger partial charge < -0.3 is 14.2 Å². The first-order valence-corrected chi connectivity index (χ1v) is 11.1. The van der Waals surface area contributed by atoms with Crippen molar-refractivity contribution in [3.8, 4) is 11.5 Å². The molecular formula is C24H22N2O4S. The Hall–Kier alpha value is -3.32. The number of hydrogen-bond donors (Lipinski definition) is 0. The third-order valence-electron chi connectivity index (χ3n) is 5.50. The number of thiophene rings is 1. The normalized spacial score (nSPS) is 19.2. The fraction of sp³-hybridized carbons (Fsp3) is 0.250.